The van der Waals surface area contributed by atoms with Crippen molar-refractivity contribution in [2.45, 2.75) is 13.8 Å². The molecule has 2 N–H and O–H groups in total. The minimum atomic E-state index is -0.295. The summed E-state index contributed by atoms with van der Waals surface area (Å²) >= 11 is 11.0. The fourth-order valence-electron chi connectivity index (χ4n) is 1.87. The number of carbonyl (C=O) groups is 1. The van der Waals surface area contributed by atoms with E-state index in [-0.39, 0.29) is 11.0 Å². The molecular weight excluding hydrogens is 344 g/mol. The fraction of sp³-hybridized carbons (Fsp3) is 0.222. The lowest BCUT2D eigenvalue weighted by Gasteiger charge is -2.12. The van der Waals surface area contributed by atoms with Crippen molar-refractivity contribution in [3.05, 3.63) is 59.1 Å². The zero-order valence-electron chi connectivity index (χ0n) is 13.5. The van der Waals surface area contributed by atoms with Gasteiger partial charge in [0.1, 0.15) is 5.75 Å². The lowest BCUT2D eigenvalue weighted by molar-refractivity contribution is 0.0978. The van der Waals surface area contributed by atoms with Crippen molar-refractivity contribution in [3.8, 4) is 5.75 Å². The summed E-state index contributed by atoms with van der Waals surface area (Å²) in [4.78, 5) is 12.1. The first kappa shape index (κ1) is 18.2. The summed E-state index contributed by atoms with van der Waals surface area (Å²) in [6, 6.07) is 14.0. The largest absolute Gasteiger partial charge is 0.493 e. The number of rotatable bonds is 5. The summed E-state index contributed by atoms with van der Waals surface area (Å²) in [5, 5.41) is 6.40. The molecule has 1 amide bonds. The molecule has 0 aliphatic rings. The van der Waals surface area contributed by atoms with Crippen LogP contribution in [-0.4, -0.2) is 17.6 Å². The second-order valence-corrected chi connectivity index (χ2v) is 6.49. The highest BCUT2D eigenvalue weighted by molar-refractivity contribution is 7.80. The first-order valence-corrected chi connectivity index (χ1v) is 8.33. The minimum Gasteiger partial charge on any atom is -0.493 e. The molecule has 2 rings (SSSR count). The molecule has 2 aromatic carbocycles. The number of halogens is 1. The van der Waals surface area contributed by atoms with Crippen LogP contribution in [0.2, 0.25) is 5.02 Å². The lowest BCUT2D eigenvalue weighted by atomic mass is 10.2. The Morgan fingerprint density at radius 2 is 1.92 bits per heavy atom. The van der Waals surface area contributed by atoms with Gasteiger partial charge in [-0.05, 0) is 54.5 Å². The first-order chi connectivity index (χ1) is 11.4. The van der Waals surface area contributed by atoms with Crippen LogP contribution in [0.5, 0.6) is 5.75 Å². The van der Waals surface area contributed by atoms with Crippen molar-refractivity contribution in [2.24, 2.45) is 5.92 Å². The Balaban J connectivity index is 1.93. The predicted octanol–water partition coefficient (Wildman–Crippen LogP) is 4.50. The van der Waals surface area contributed by atoms with E-state index in [2.05, 4.69) is 24.5 Å². The van der Waals surface area contributed by atoms with Crippen molar-refractivity contribution in [3.63, 3.8) is 0 Å². The molecule has 0 unspecified atom stereocenters. The molecule has 4 nitrogen and oxygen atoms in total. The second-order valence-electron chi connectivity index (χ2n) is 5.65. The Bertz CT molecular complexity index is 717. The van der Waals surface area contributed by atoms with E-state index in [0.717, 1.165) is 11.4 Å². The normalized spacial score (nSPS) is 10.3. The van der Waals surface area contributed by atoms with E-state index in [9.17, 15) is 4.79 Å². The van der Waals surface area contributed by atoms with Crippen LogP contribution in [0.4, 0.5) is 5.69 Å². The third-order valence-corrected chi connectivity index (χ3v) is 3.46. The van der Waals surface area contributed by atoms with Gasteiger partial charge >= 0.3 is 0 Å². The summed E-state index contributed by atoms with van der Waals surface area (Å²) in [7, 11) is 0. The van der Waals surface area contributed by atoms with E-state index in [1.807, 2.05) is 24.3 Å². The van der Waals surface area contributed by atoms with E-state index >= 15 is 0 Å². The molecule has 0 saturated heterocycles. The molecule has 24 heavy (non-hydrogen) atoms. The molecule has 126 valence electrons. The first-order valence-electron chi connectivity index (χ1n) is 7.55. The smallest absolute Gasteiger partial charge is 0.257 e. The van der Waals surface area contributed by atoms with E-state index in [1.165, 1.54) is 0 Å². The van der Waals surface area contributed by atoms with Crippen molar-refractivity contribution in [1.82, 2.24) is 5.32 Å². The van der Waals surface area contributed by atoms with Gasteiger partial charge in [-0.2, -0.15) is 0 Å². The van der Waals surface area contributed by atoms with Crippen LogP contribution >= 0.6 is 23.8 Å². The summed E-state index contributed by atoms with van der Waals surface area (Å²) in [6.07, 6.45) is 0. The monoisotopic (exact) mass is 362 g/mol. The van der Waals surface area contributed by atoms with E-state index in [1.54, 1.807) is 24.3 Å². The SMILES string of the molecule is CC(C)COc1cccc(NC(=S)NC(=O)c2ccc(Cl)cc2)c1. The maximum absolute atomic E-state index is 12.1. The van der Waals surface area contributed by atoms with E-state index in [0.29, 0.717) is 23.1 Å². The zero-order chi connectivity index (χ0) is 17.5. The molecule has 0 heterocycles. The molecular formula is C18H19ClN2O2S. The highest BCUT2D eigenvalue weighted by Crippen LogP contribution is 2.18. The second kappa shape index (κ2) is 8.66. The van der Waals surface area contributed by atoms with Gasteiger partial charge < -0.3 is 10.1 Å². The van der Waals surface area contributed by atoms with Gasteiger partial charge in [0.15, 0.2) is 5.11 Å². The third kappa shape index (κ3) is 5.83. The lowest BCUT2D eigenvalue weighted by Crippen LogP contribution is -2.34. The molecule has 0 radical (unpaired) electrons. The van der Waals surface area contributed by atoms with Gasteiger partial charge in [-0.3, -0.25) is 10.1 Å². The standard InChI is InChI=1S/C18H19ClN2O2S/c1-12(2)11-23-16-5-3-4-15(10-16)20-18(24)21-17(22)13-6-8-14(19)9-7-13/h3-10,12H,11H2,1-2H3,(H2,20,21,22,24). The van der Waals surface area contributed by atoms with Gasteiger partial charge in [-0.15, -0.1) is 0 Å². The highest BCUT2D eigenvalue weighted by Gasteiger charge is 2.08. The third-order valence-electron chi connectivity index (χ3n) is 3.01. The molecule has 0 aliphatic heterocycles. The Morgan fingerprint density at radius 1 is 1.21 bits per heavy atom. The Kier molecular flexibility index (Phi) is 6.58. The maximum Gasteiger partial charge on any atom is 0.257 e. The van der Waals surface area contributed by atoms with Crippen molar-refractivity contribution < 1.29 is 9.53 Å². The number of carbonyl (C=O) groups excluding carboxylic acids is 1. The molecule has 0 fully saturated rings. The van der Waals surface area contributed by atoms with E-state index < -0.39 is 0 Å². The number of hydrogen-bond donors (Lipinski definition) is 2. The summed E-state index contributed by atoms with van der Waals surface area (Å²) < 4.78 is 5.67. The van der Waals surface area contributed by atoms with Crippen LogP contribution in [0, 0.1) is 5.92 Å². The number of amides is 1. The van der Waals surface area contributed by atoms with Gasteiger partial charge in [0.2, 0.25) is 0 Å². The van der Waals surface area contributed by atoms with Crippen LogP contribution in [-0.2, 0) is 0 Å². The molecule has 0 bridgehead atoms. The average molecular weight is 363 g/mol. The molecule has 6 heteroatoms. The van der Waals surface area contributed by atoms with Gasteiger partial charge in [-0.1, -0.05) is 31.5 Å². The number of ether oxygens (including phenoxy) is 1. The molecule has 0 atom stereocenters. The van der Waals surface area contributed by atoms with Crippen molar-refractivity contribution in [1.29, 1.82) is 0 Å². The summed E-state index contributed by atoms with van der Waals surface area (Å²) in [5.41, 5.74) is 1.23. The van der Waals surface area contributed by atoms with Crippen LogP contribution < -0.4 is 15.4 Å². The minimum absolute atomic E-state index is 0.218. The maximum atomic E-state index is 12.1. The topological polar surface area (TPSA) is 50.4 Å². The fourth-order valence-corrected chi connectivity index (χ4v) is 2.20. The predicted molar refractivity (Wildman–Crippen MR) is 102 cm³/mol. The number of nitrogens with one attached hydrogen (secondary N) is 2. The van der Waals surface area contributed by atoms with Gasteiger partial charge in [-0.25, -0.2) is 0 Å². The van der Waals surface area contributed by atoms with Gasteiger partial charge in [0, 0.05) is 22.3 Å². The van der Waals surface area contributed by atoms with Gasteiger partial charge in [0.25, 0.3) is 5.91 Å². The summed E-state index contributed by atoms with van der Waals surface area (Å²) in [5.74, 6) is 0.901. The van der Waals surface area contributed by atoms with Crippen LogP contribution in [0.15, 0.2) is 48.5 Å². The van der Waals surface area contributed by atoms with Crippen LogP contribution in [0.1, 0.15) is 24.2 Å². The molecule has 0 aromatic heterocycles. The number of hydrogen-bond acceptors (Lipinski definition) is 3. The van der Waals surface area contributed by atoms with Crippen LogP contribution in [0.3, 0.4) is 0 Å². The van der Waals surface area contributed by atoms with Crippen LogP contribution in [0.25, 0.3) is 0 Å². The zero-order valence-corrected chi connectivity index (χ0v) is 15.1. The Hall–Kier alpha value is -2.11. The number of benzene rings is 2. The van der Waals surface area contributed by atoms with Crippen molar-refractivity contribution >= 4 is 40.5 Å². The Morgan fingerprint density at radius 3 is 2.58 bits per heavy atom. The quantitative estimate of drug-likeness (QED) is 0.769. The average Bonchev–Trinajstić information content (AvgIpc) is 2.53. The van der Waals surface area contributed by atoms with E-state index in [4.69, 9.17) is 28.6 Å². The molecule has 0 aliphatic carbocycles. The van der Waals surface area contributed by atoms with Gasteiger partial charge in [0.05, 0.1) is 6.61 Å². The molecule has 0 saturated carbocycles. The molecule has 0 spiro atoms. The van der Waals surface area contributed by atoms with Crippen molar-refractivity contribution in [2.75, 3.05) is 11.9 Å². The highest BCUT2D eigenvalue weighted by atomic mass is 35.5. The summed E-state index contributed by atoms with van der Waals surface area (Å²) in [6.45, 7) is 4.81. The molecule has 2 aromatic rings. The number of thiocarbonyl (C=S) groups is 1. The number of anilines is 1. The Labute approximate surface area is 152 Å².